The second-order valence-corrected chi connectivity index (χ2v) is 7.42. The molecule has 8 heteroatoms. The van der Waals surface area contributed by atoms with Crippen LogP contribution in [0, 0.1) is 20.8 Å². The van der Waals surface area contributed by atoms with Crippen LogP contribution in [0.3, 0.4) is 0 Å². The minimum atomic E-state index is -0.660. The second-order valence-electron chi connectivity index (χ2n) is 7.01. The first-order valence-electron chi connectivity index (χ1n) is 9.46. The lowest BCUT2D eigenvalue weighted by atomic mass is 10.1. The van der Waals surface area contributed by atoms with Crippen molar-refractivity contribution in [2.24, 2.45) is 0 Å². The third-order valence-corrected chi connectivity index (χ3v) is 4.99. The molecule has 0 atom stereocenters. The van der Waals surface area contributed by atoms with Crippen molar-refractivity contribution < 1.29 is 14.3 Å². The SMILES string of the molecule is CCn1c(=O)c(C)nc2cc(C(=O)OCC(=O)Nc3c(C)cc(C)cc3Cl)ccc21. The van der Waals surface area contributed by atoms with E-state index in [1.165, 1.54) is 0 Å². The topological polar surface area (TPSA) is 90.3 Å². The quantitative estimate of drug-likeness (QED) is 0.625. The van der Waals surface area contributed by atoms with E-state index in [0.29, 0.717) is 34.0 Å². The van der Waals surface area contributed by atoms with E-state index in [0.717, 1.165) is 11.1 Å². The van der Waals surface area contributed by atoms with Gasteiger partial charge >= 0.3 is 5.97 Å². The van der Waals surface area contributed by atoms with Crippen LogP contribution >= 0.6 is 11.6 Å². The Morgan fingerprint density at radius 3 is 2.57 bits per heavy atom. The summed E-state index contributed by atoms with van der Waals surface area (Å²) in [6, 6.07) is 8.39. The number of fused-ring (bicyclic) bond motifs is 1. The van der Waals surface area contributed by atoms with Crippen LogP contribution in [0.25, 0.3) is 11.0 Å². The third-order valence-electron chi connectivity index (χ3n) is 4.69. The number of nitrogens with one attached hydrogen (secondary N) is 1. The molecule has 2 aromatic carbocycles. The minimum absolute atomic E-state index is 0.165. The lowest BCUT2D eigenvalue weighted by Gasteiger charge is -2.12. The molecular weight excluding hydrogens is 406 g/mol. The number of anilines is 1. The number of aryl methyl sites for hydroxylation is 4. The van der Waals surface area contributed by atoms with Gasteiger partial charge in [-0.25, -0.2) is 9.78 Å². The number of amides is 1. The molecule has 0 bridgehead atoms. The maximum Gasteiger partial charge on any atom is 0.338 e. The Labute approximate surface area is 178 Å². The largest absolute Gasteiger partial charge is 0.452 e. The number of hydrogen-bond acceptors (Lipinski definition) is 5. The fraction of sp³-hybridized carbons (Fsp3) is 0.273. The van der Waals surface area contributed by atoms with Crippen LogP contribution in [0.15, 0.2) is 35.1 Å². The van der Waals surface area contributed by atoms with Gasteiger partial charge in [-0.05, 0) is 63.1 Å². The summed E-state index contributed by atoms with van der Waals surface area (Å²) < 4.78 is 6.73. The summed E-state index contributed by atoms with van der Waals surface area (Å²) in [4.78, 5) is 41.1. The highest BCUT2D eigenvalue weighted by molar-refractivity contribution is 6.34. The van der Waals surface area contributed by atoms with Crippen molar-refractivity contribution in [1.29, 1.82) is 0 Å². The molecule has 0 saturated heterocycles. The lowest BCUT2D eigenvalue weighted by Crippen LogP contribution is -2.24. The van der Waals surface area contributed by atoms with Crippen molar-refractivity contribution in [2.45, 2.75) is 34.2 Å². The van der Waals surface area contributed by atoms with E-state index in [1.54, 1.807) is 35.8 Å². The Hall–Kier alpha value is -3.19. The maximum absolute atomic E-state index is 12.4. The molecule has 0 unspecified atom stereocenters. The molecule has 0 saturated carbocycles. The van der Waals surface area contributed by atoms with E-state index < -0.39 is 18.5 Å². The smallest absolute Gasteiger partial charge is 0.338 e. The fourth-order valence-electron chi connectivity index (χ4n) is 3.28. The molecule has 3 rings (SSSR count). The van der Waals surface area contributed by atoms with Crippen LogP contribution < -0.4 is 10.9 Å². The van der Waals surface area contributed by atoms with Crippen molar-refractivity contribution in [1.82, 2.24) is 9.55 Å². The van der Waals surface area contributed by atoms with Gasteiger partial charge < -0.3 is 14.6 Å². The zero-order valence-corrected chi connectivity index (χ0v) is 18.0. The Balaban J connectivity index is 1.73. The standard InChI is InChI=1S/C22H22ClN3O4/c1-5-26-18-7-6-15(10-17(18)24-14(4)21(26)28)22(29)30-11-19(27)25-20-13(3)8-12(2)9-16(20)23/h6-10H,5,11H2,1-4H3,(H,25,27). The van der Waals surface area contributed by atoms with Gasteiger partial charge in [-0.1, -0.05) is 17.7 Å². The Morgan fingerprint density at radius 2 is 1.90 bits per heavy atom. The number of nitrogens with zero attached hydrogens (tertiary/aromatic N) is 2. The Bertz CT molecular complexity index is 1190. The van der Waals surface area contributed by atoms with Gasteiger partial charge in [0.15, 0.2) is 6.61 Å². The first-order chi connectivity index (χ1) is 14.2. The molecule has 0 spiro atoms. The average Bonchev–Trinajstić information content (AvgIpc) is 2.69. The lowest BCUT2D eigenvalue weighted by molar-refractivity contribution is -0.119. The van der Waals surface area contributed by atoms with Gasteiger partial charge in [0, 0.05) is 6.54 Å². The highest BCUT2D eigenvalue weighted by atomic mass is 35.5. The molecular formula is C22H22ClN3O4. The molecule has 1 amide bonds. The van der Waals surface area contributed by atoms with Crippen LogP contribution in [0.1, 0.15) is 34.1 Å². The summed E-state index contributed by atoms with van der Waals surface area (Å²) in [5, 5.41) is 3.09. The van der Waals surface area contributed by atoms with Gasteiger partial charge in [0.25, 0.3) is 11.5 Å². The molecule has 7 nitrogen and oxygen atoms in total. The van der Waals surface area contributed by atoms with Crippen molar-refractivity contribution in [2.75, 3.05) is 11.9 Å². The highest BCUT2D eigenvalue weighted by Gasteiger charge is 2.15. The maximum atomic E-state index is 12.4. The number of benzene rings is 2. The molecule has 0 radical (unpaired) electrons. The van der Waals surface area contributed by atoms with Gasteiger partial charge in [0.2, 0.25) is 0 Å². The van der Waals surface area contributed by atoms with Gasteiger partial charge in [-0.15, -0.1) is 0 Å². The second kappa shape index (κ2) is 8.67. The van der Waals surface area contributed by atoms with E-state index in [9.17, 15) is 14.4 Å². The summed E-state index contributed by atoms with van der Waals surface area (Å²) >= 11 is 6.19. The summed E-state index contributed by atoms with van der Waals surface area (Å²) in [5.74, 6) is -1.15. The molecule has 3 aromatic rings. The molecule has 0 aliphatic rings. The number of rotatable bonds is 5. The van der Waals surface area contributed by atoms with Crippen LogP contribution in [-0.2, 0) is 16.1 Å². The van der Waals surface area contributed by atoms with E-state index in [2.05, 4.69) is 10.3 Å². The molecule has 0 fully saturated rings. The van der Waals surface area contributed by atoms with Crippen molar-refractivity contribution in [3.8, 4) is 0 Å². The number of ether oxygens (including phenoxy) is 1. The van der Waals surface area contributed by atoms with Gasteiger partial charge in [-0.2, -0.15) is 0 Å². The van der Waals surface area contributed by atoms with Gasteiger partial charge in [0.1, 0.15) is 5.69 Å². The zero-order chi connectivity index (χ0) is 22.0. The van der Waals surface area contributed by atoms with Crippen molar-refractivity contribution >= 4 is 40.2 Å². The highest BCUT2D eigenvalue weighted by Crippen LogP contribution is 2.27. The van der Waals surface area contributed by atoms with Crippen molar-refractivity contribution in [3.05, 3.63) is 68.1 Å². The van der Waals surface area contributed by atoms with E-state index in [4.69, 9.17) is 16.3 Å². The first-order valence-corrected chi connectivity index (χ1v) is 9.84. The zero-order valence-electron chi connectivity index (χ0n) is 17.2. The Kier molecular flexibility index (Phi) is 6.22. The molecule has 156 valence electrons. The normalized spacial score (nSPS) is 10.8. The Morgan fingerprint density at radius 1 is 1.17 bits per heavy atom. The summed E-state index contributed by atoms with van der Waals surface area (Å²) in [6.07, 6.45) is 0. The number of halogens is 1. The molecule has 0 aliphatic heterocycles. The van der Waals surface area contributed by atoms with Crippen LogP contribution in [-0.4, -0.2) is 28.0 Å². The third kappa shape index (κ3) is 4.36. The van der Waals surface area contributed by atoms with E-state index in [1.807, 2.05) is 26.8 Å². The molecule has 1 heterocycles. The number of carbonyl (C=O) groups is 2. The molecule has 0 aliphatic carbocycles. The van der Waals surface area contributed by atoms with Crippen LogP contribution in [0.5, 0.6) is 0 Å². The molecule has 1 aromatic heterocycles. The van der Waals surface area contributed by atoms with Gasteiger partial charge in [0.05, 0.1) is 27.3 Å². The predicted molar refractivity (Wildman–Crippen MR) is 116 cm³/mol. The first kappa shape index (κ1) is 21.5. The summed E-state index contributed by atoms with van der Waals surface area (Å²) in [7, 11) is 0. The monoisotopic (exact) mass is 427 g/mol. The van der Waals surface area contributed by atoms with Crippen LogP contribution in [0.2, 0.25) is 5.02 Å². The summed E-state index contributed by atoms with van der Waals surface area (Å²) in [5.41, 5.74) is 3.86. The van der Waals surface area contributed by atoms with Crippen molar-refractivity contribution in [3.63, 3.8) is 0 Å². The van der Waals surface area contributed by atoms with Gasteiger partial charge in [-0.3, -0.25) is 9.59 Å². The van der Waals surface area contributed by atoms with Crippen LogP contribution in [0.4, 0.5) is 5.69 Å². The van der Waals surface area contributed by atoms with E-state index >= 15 is 0 Å². The summed E-state index contributed by atoms with van der Waals surface area (Å²) in [6.45, 7) is 7.27. The number of aromatic nitrogens is 2. The number of hydrogen-bond donors (Lipinski definition) is 1. The van der Waals surface area contributed by atoms with E-state index in [-0.39, 0.29) is 11.1 Å². The molecule has 1 N–H and O–H groups in total. The fourth-order valence-corrected chi connectivity index (χ4v) is 3.65. The minimum Gasteiger partial charge on any atom is -0.452 e. The molecule has 30 heavy (non-hydrogen) atoms. The number of carbonyl (C=O) groups excluding carboxylic acids is 2. The predicted octanol–water partition coefficient (Wildman–Crippen LogP) is 3.79. The number of esters is 1. The average molecular weight is 428 g/mol.